The molecule has 2 heteroatoms. The maximum absolute atomic E-state index is 9.73. The van der Waals surface area contributed by atoms with Crippen LogP contribution in [-0.2, 0) is 4.79 Å². The molecule has 0 bridgehead atoms. The Kier molecular flexibility index (Phi) is 1.18. The summed E-state index contributed by atoms with van der Waals surface area (Å²) in [6, 6.07) is 0. The molecule has 0 radical (unpaired) electrons. The van der Waals surface area contributed by atoms with Gasteiger partial charge in [-0.2, -0.15) is 4.99 Å². The molecule has 0 aromatic heterocycles. The van der Waals surface area contributed by atoms with Gasteiger partial charge in [-0.15, -0.1) is 0 Å². The Bertz CT molecular complexity index is 131. The van der Waals surface area contributed by atoms with Gasteiger partial charge in [0.15, 0.2) is 0 Å². The van der Waals surface area contributed by atoms with Gasteiger partial charge in [0.2, 0.25) is 6.08 Å². The maximum atomic E-state index is 9.73. The van der Waals surface area contributed by atoms with Gasteiger partial charge in [0.05, 0.1) is 5.54 Å². The van der Waals surface area contributed by atoms with Gasteiger partial charge in [0.25, 0.3) is 0 Å². The highest BCUT2D eigenvalue weighted by Crippen LogP contribution is 2.41. The summed E-state index contributed by atoms with van der Waals surface area (Å²) in [5, 5.41) is 0. The van der Waals surface area contributed by atoms with Gasteiger partial charge in [-0.1, -0.05) is 6.92 Å². The average Bonchev–Trinajstić information content (AvgIpc) is 2.50. The van der Waals surface area contributed by atoms with E-state index in [1.165, 1.54) is 0 Å². The second-order valence-electron chi connectivity index (χ2n) is 2.28. The van der Waals surface area contributed by atoms with Crippen LogP contribution in [0.15, 0.2) is 4.99 Å². The molecule has 1 fully saturated rings. The first-order valence-electron chi connectivity index (χ1n) is 2.92. The van der Waals surface area contributed by atoms with Crippen LogP contribution >= 0.6 is 0 Å². The number of isocyanates is 1. The van der Waals surface area contributed by atoms with Crippen LogP contribution in [0.3, 0.4) is 0 Å². The molecule has 0 N–H and O–H groups in total. The van der Waals surface area contributed by atoms with Gasteiger partial charge in [-0.3, -0.25) is 0 Å². The first-order chi connectivity index (χ1) is 3.83. The van der Waals surface area contributed by atoms with Crippen molar-refractivity contribution in [1.29, 1.82) is 0 Å². The van der Waals surface area contributed by atoms with Gasteiger partial charge in [-0.25, -0.2) is 4.79 Å². The molecule has 2 nitrogen and oxygen atoms in total. The van der Waals surface area contributed by atoms with Crippen molar-refractivity contribution in [3.63, 3.8) is 0 Å². The molecule has 0 saturated heterocycles. The highest BCUT2D eigenvalue weighted by atomic mass is 16.1. The van der Waals surface area contributed by atoms with Crippen molar-refractivity contribution in [1.82, 2.24) is 0 Å². The van der Waals surface area contributed by atoms with E-state index in [0.717, 1.165) is 19.3 Å². The van der Waals surface area contributed by atoms with Crippen LogP contribution in [0, 0.1) is 0 Å². The Morgan fingerprint density at radius 1 is 1.75 bits per heavy atom. The molecular weight excluding hydrogens is 102 g/mol. The van der Waals surface area contributed by atoms with E-state index in [1.54, 1.807) is 6.08 Å². The fourth-order valence-electron chi connectivity index (χ4n) is 0.786. The van der Waals surface area contributed by atoms with Crippen LogP contribution in [0.25, 0.3) is 0 Å². The van der Waals surface area contributed by atoms with Gasteiger partial charge in [0, 0.05) is 0 Å². The number of rotatable bonds is 2. The zero-order valence-corrected chi connectivity index (χ0v) is 4.98. The Hall–Kier alpha value is -0.620. The predicted octanol–water partition coefficient (Wildman–Crippen LogP) is 1.26. The molecule has 1 aliphatic rings. The number of hydrogen-bond donors (Lipinski definition) is 0. The molecule has 0 heterocycles. The van der Waals surface area contributed by atoms with E-state index < -0.39 is 0 Å². The Balaban J connectivity index is 2.53. The van der Waals surface area contributed by atoms with E-state index in [0.29, 0.717) is 0 Å². The van der Waals surface area contributed by atoms with Crippen LogP contribution in [0.5, 0.6) is 0 Å². The second kappa shape index (κ2) is 1.71. The first kappa shape index (κ1) is 5.52. The van der Waals surface area contributed by atoms with Crippen molar-refractivity contribution >= 4 is 6.08 Å². The summed E-state index contributed by atoms with van der Waals surface area (Å²) in [4.78, 5) is 13.4. The summed E-state index contributed by atoms with van der Waals surface area (Å²) < 4.78 is 0. The highest BCUT2D eigenvalue weighted by Gasteiger charge is 2.40. The van der Waals surface area contributed by atoms with Crippen molar-refractivity contribution < 1.29 is 4.79 Å². The second-order valence-corrected chi connectivity index (χ2v) is 2.28. The molecule has 0 aromatic carbocycles. The summed E-state index contributed by atoms with van der Waals surface area (Å²) in [6.07, 6.45) is 4.75. The highest BCUT2D eigenvalue weighted by molar-refractivity contribution is 5.36. The standard InChI is InChI=1S/C6H9NO/c1-2-6(3-4-6)7-5-8/h2-4H2,1H3. The Morgan fingerprint density at radius 2 is 2.38 bits per heavy atom. The molecule has 0 atom stereocenters. The Morgan fingerprint density at radius 3 is 2.50 bits per heavy atom. The van der Waals surface area contributed by atoms with Crippen LogP contribution in [0.2, 0.25) is 0 Å². The zero-order chi connectivity index (χ0) is 6.04. The van der Waals surface area contributed by atoms with Crippen molar-refractivity contribution in [2.75, 3.05) is 0 Å². The molecule has 8 heavy (non-hydrogen) atoms. The number of carbonyl (C=O) groups excluding carboxylic acids is 1. The summed E-state index contributed by atoms with van der Waals surface area (Å²) in [5.41, 5.74) is 0.0434. The molecule has 0 amide bonds. The zero-order valence-electron chi connectivity index (χ0n) is 4.98. The minimum absolute atomic E-state index is 0.0434. The smallest absolute Gasteiger partial charge is 0.211 e. The average molecular weight is 111 g/mol. The normalized spacial score (nSPS) is 21.6. The summed E-state index contributed by atoms with van der Waals surface area (Å²) in [5.74, 6) is 0. The van der Waals surface area contributed by atoms with E-state index in [9.17, 15) is 4.79 Å². The molecular formula is C6H9NO. The third-order valence-electron chi connectivity index (χ3n) is 1.77. The van der Waals surface area contributed by atoms with Crippen LogP contribution in [0.1, 0.15) is 26.2 Å². The molecule has 0 spiro atoms. The van der Waals surface area contributed by atoms with Crippen molar-refractivity contribution in [2.24, 2.45) is 4.99 Å². The molecule has 1 saturated carbocycles. The molecule has 0 unspecified atom stereocenters. The van der Waals surface area contributed by atoms with Crippen LogP contribution in [-0.4, -0.2) is 11.6 Å². The fraction of sp³-hybridized carbons (Fsp3) is 0.833. The van der Waals surface area contributed by atoms with Gasteiger partial charge in [0.1, 0.15) is 0 Å². The van der Waals surface area contributed by atoms with E-state index in [2.05, 4.69) is 4.99 Å². The predicted molar refractivity (Wildman–Crippen MR) is 30.4 cm³/mol. The summed E-state index contributed by atoms with van der Waals surface area (Å²) >= 11 is 0. The SMILES string of the molecule is CCC1(N=C=O)CC1. The minimum Gasteiger partial charge on any atom is -0.211 e. The van der Waals surface area contributed by atoms with Gasteiger partial charge >= 0.3 is 0 Å². The lowest BCUT2D eigenvalue weighted by Crippen LogP contribution is -1.99. The van der Waals surface area contributed by atoms with Crippen LogP contribution in [0.4, 0.5) is 0 Å². The van der Waals surface area contributed by atoms with Gasteiger partial charge < -0.3 is 0 Å². The van der Waals surface area contributed by atoms with Crippen molar-refractivity contribution in [3.8, 4) is 0 Å². The largest absolute Gasteiger partial charge is 0.235 e. The van der Waals surface area contributed by atoms with Crippen molar-refractivity contribution in [3.05, 3.63) is 0 Å². The maximum Gasteiger partial charge on any atom is 0.235 e. The third kappa shape index (κ3) is 0.797. The van der Waals surface area contributed by atoms with Crippen LogP contribution < -0.4 is 0 Å². The van der Waals surface area contributed by atoms with Gasteiger partial charge in [-0.05, 0) is 19.3 Å². The van der Waals surface area contributed by atoms with E-state index >= 15 is 0 Å². The fourth-order valence-corrected chi connectivity index (χ4v) is 0.786. The monoisotopic (exact) mass is 111 g/mol. The van der Waals surface area contributed by atoms with Crippen molar-refractivity contribution in [2.45, 2.75) is 31.7 Å². The van der Waals surface area contributed by atoms with E-state index in [-0.39, 0.29) is 5.54 Å². The molecule has 1 aliphatic carbocycles. The molecule has 0 aromatic rings. The first-order valence-corrected chi connectivity index (χ1v) is 2.92. The van der Waals surface area contributed by atoms with E-state index in [1.807, 2.05) is 6.92 Å². The summed E-state index contributed by atoms with van der Waals surface area (Å²) in [7, 11) is 0. The number of nitrogens with zero attached hydrogens (tertiary/aromatic N) is 1. The Labute approximate surface area is 48.6 Å². The number of aliphatic imine (C=N–C) groups is 1. The molecule has 0 aliphatic heterocycles. The third-order valence-corrected chi connectivity index (χ3v) is 1.77. The molecule has 44 valence electrons. The number of hydrogen-bond acceptors (Lipinski definition) is 2. The molecule has 1 rings (SSSR count). The quantitative estimate of drug-likeness (QED) is 0.389. The summed E-state index contributed by atoms with van der Waals surface area (Å²) in [6.45, 7) is 2.05. The van der Waals surface area contributed by atoms with E-state index in [4.69, 9.17) is 0 Å². The minimum atomic E-state index is 0.0434. The lowest BCUT2D eigenvalue weighted by molar-refractivity contribution is 0.551. The lowest BCUT2D eigenvalue weighted by atomic mass is 10.2. The topological polar surface area (TPSA) is 29.4 Å². The lowest BCUT2D eigenvalue weighted by Gasteiger charge is -1.97.